The van der Waals surface area contributed by atoms with Crippen LogP contribution in [0, 0.1) is 6.92 Å². The Hall–Kier alpha value is -1.93. The van der Waals surface area contributed by atoms with Crippen molar-refractivity contribution >= 4 is 22.9 Å². The number of nitrogens with zero attached hydrogens (tertiary/aromatic N) is 3. The first-order valence-corrected chi connectivity index (χ1v) is 7.18. The minimum Gasteiger partial charge on any atom is -0.333 e. The third-order valence-electron chi connectivity index (χ3n) is 2.73. The van der Waals surface area contributed by atoms with Crippen LogP contribution >= 0.6 is 22.9 Å². The van der Waals surface area contributed by atoms with E-state index in [2.05, 4.69) is 15.1 Å². The number of hydrogen-bond donors (Lipinski definition) is 0. The lowest BCUT2D eigenvalue weighted by atomic mass is 10.2. The van der Waals surface area contributed by atoms with Crippen molar-refractivity contribution in [3.63, 3.8) is 0 Å². The van der Waals surface area contributed by atoms with Gasteiger partial charge in [0.15, 0.2) is 5.69 Å². The van der Waals surface area contributed by atoms with Crippen LogP contribution in [0.5, 0.6) is 0 Å². The van der Waals surface area contributed by atoms with Crippen LogP contribution in [0.4, 0.5) is 13.2 Å². The van der Waals surface area contributed by atoms with Gasteiger partial charge in [0.2, 0.25) is 5.82 Å². The fourth-order valence-corrected chi connectivity index (χ4v) is 2.78. The van der Waals surface area contributed by atoms with Crippen LogP contribution in [0.25, 0.3) is 22.2 Å². The molecule has 4 nitrogen and oxygen atoms in total. The lowest BCUT2D eigenvalue weighted by Gasteiger charge is -2.02. The molecule has 3 aromatic rings. The highest BCUT2D eigenvalue weighted by molar-refractivity contribution is 7.15. The predicted molar refractivity (Wildman–Crippen MR) is 75.6 cm³/mol. The van der Waals surface area contributed by atoms with E-state index in [-0.39, 0.29) is 21.6 Å². The molecule has 114 valence electrons. The normalized spacial score (nSPS) is 11.9. The van der Waals surface area contributed by atoms with E-state index in [1.807, 2.05) is 0 Å². The van der Waals surface area contributed by atoms with Crippen LogP contribution in [-0.4, -0.2) is 15.1 Å². The maximum atomic E-state index is 13.0. The fraction of sp³-hybridized carbons (Fsp3) is 0.154. The Labute approximate surface area is 131 Å². The molecule has 0 fully saturated rings. The molecule has 0 aliphatic heterocycles. The smallest absolute Gasteiger partial charge is 0.333 e. The largest absolute Gasteiger partial charge is 0.435 e. The molecule has 0 amide bonds. The molecule has 0 N–H and O–H groups in total. The van der Waals surface area contributed by atoms with Crippen molar-refractivity contribution in [1.82, 2.24) is 15.1 Å². The van der Waals surface area contributed by atoms with Crippen LogP contribution in [0.3, 0.4) is 0 Å². The predicted octanol–water partition coefficient (Wildman–Crippen LogP) is 4.84. The molecule has 1 aromatic carbocycles. The van der Waals surface area contributed by atoms with Gasteiger partial charge in [-0.3, -0.25) is 0 Å². The summed E-state index contributed by atoms with van der Waals surface area (Å²) in [6.07, 6.45) is -4.57. The standard InChI is InChI=1S/C13H7ClF3N3OS/c1-6-18-10(13(15,16)17)9(22-6)12-19-11(20-21-12)7-2-4-8(14)5-3-7/h2-5H,1H3. The Bertz CT molecular complexity index is 811. The summed E-state index contributed by atoms with van der Waals surface area (Å²) in [6, 6.07) is 6.56. The van der Waals surface area contributed by atoms with Crippen molar-refractivity contribution in [1.29, 1.82) is 0 Å². The molecule has 0 saturated heterocycles. The number of thiazole rings is 1. The van der Waals surface area contributed by atoms with Crippen molar-refractivity contribution in [2.24, 2.45) is 0 Å². The zero-order chi connectivity index (χ0) is 15.9. The zero-order valence-corrected chi connectivity index (χ0v) is 12.6. The summed E-state index contributed by atoms with van der Waals surface area (Å²) in [6.45, 7) is 1.49. The molecular formula is C13H7ClF3N3OS. The third-order valence-corrected chi connectivity index (χ3v) is 3.94. The average Bonchev–Trinajstić information content (AvgIpc) is 3.05. The monoisotopic (exact) mass is 345 g/mol. The molecular weight excluding hydrogens is 339 g/mol. The molecule has 2 aromatic heterocycles. The molecule has 0 radical (unpaired) electrons. The summed E-state index contributed by atoms with van der Waals surface area (Å²) in [5.74, 6) is -0.0197. The van der Waals surface area contributed by atoms with Gasteiger partial charge >= 0.3 is 6.18 Å². The number of hydrogen-bond acceptors (Lipinski definition) is 5. The van der Waals surface area contributed by atoms with Crippen LogP contribution < -0.4 is 0 Å². The average molecular weight is 346 g/mol. The highest BCUT2D eigenvalue weighted by Gasteiger charge is 2.39. The first kappa shape index (κ1) is 15.0. The van der Waals surface area contributed by atoms with E-state index in [1.165, 1.54) is 6.92 Å². The quantitative estimate of drug-likeness (QED) is 0.666. The molecule has 0 aliphatic carbocycles. The van der Waals surface area contributed by atoms with Crippen molar-refractivity contribution in [2.75, 3.05) is 0 Å². The van der Waals surface area contributed by atoms with E-state index in [1.54, 1.807) is 24.3 Å². The second kappa shape index (κ2) is 5.36. The third kappa shape index (κ3) is 2.84. The van der Waals surface area contributed by atoms with E-state index in [9.17, 15) is 13.2 Å². The lowest BCUT2D eigenvalue weighted by Crippen LogP contribution is -2.07. The van der Waals surface area contributed by atoms with E-state index < -0.39 is 11.9 Å². The van der Waals surface area contributed by atoms with E-state index in [0.29, 0.717) is 10.6 Å². The molecule has 22 heavy (non-hydrogen) atoms. The molecule has 0 bridgehead atoms. The first-order valence-electron chi connectivity index (χ1n) is 5.99. The number of alkyl halides is 3. The summed E-state index contributed by atoms with van der Waals surface area (Å²) in [4.78, 5) is 7.33. The van der Waals surface area contributed by atoms with Gasteiger partial charge in [0.25, 0.3) is 5.89 Å². The van der Waals surface area contributed by atoms with Crippen molar-refractivity contribution in [2.45, 2.75) is 13.1 Å². The van der Waals surface area contributed by atoms with Crippen molar-refractivity contribution < 1.29 is 17.7 Å². The maximum absolute atomic E-state index is 13.0. The Kier molecular flexibility index (Phi) is 3.65. The highest BCUT2D eigenvalue weighted by atomic mass is 35.5. The number of aromatic nitrogens is 3. The maximum Gasteiger partial charge on any atom is 0.435 e. The number of aryl methyl sites for hydroxylation is 1. The lowest BCUT2D eigenvalue weighted by molar-refractivity contribution is -0.140. The molecule has 0 atom stereocenters. The molecule has 0 unspecified atom stereocenters. The van der Waals surface area contributed by atoms with E-state index in [0.717, 1.165) is 11.3 Å². The number of halogens is 4. The summed E-state index contributed by atoms with van der Waals surface area (Å²) >= 11 is 6.63. The Balaban J connectivity index is 2.03. The van der Waals surface area contributed by atoms with Gasteiger partial charge in [-0.1, -0.05) is 16.8 Å². The molecule has 0 aliphatic rings. The topological polar surface area (TPSA) is 51.8 Å². The van der Waals surface area contributed by atoms with Crippen LogP contribution in [0.2, 0.25) is 5.02 Å². The number of benzene rings is 1. The second-order valence-electron chi connectivity index (χ2n) is 4.34. The van der Waals surface area contributed by atoms with Gasteiger partial charge in [-0.2, -0.15) is 18.2 Å². The molecule has 0 saturated carbocycles. The zero-order valence-electron chi connectivity index (χ0n) is 11.0. The summed E-state index contributed by atoms with van der Waals surface area (Å²) in [5.41, 5.74) is -0.421. The van der Waals surface area contributed by atoms with E-state index in [4.69, 9.17) is 16.1 Å². The highest BCUT2D eigenvalue weighted by Crippen LogP contribution is 2.39. The van der Waals surface area contributed by atoms with Gasteiger partial charge < -0.3 is 4.52 Å². The fourth-order valence-electron chi connectivity index (χ4n) is 1.80. The van der Waals surface area contributed by atoms with Crippen LogP contribution in [0.1, 0.15) is 10.7 Å². The van der Waals surface area contributed by atoms with Gasteiger partial charge in [-0.25, -0.2) is 4.98 Å². The molecule has 2 heterocycles. The second-order valence-corrected chi connectivity index (χ2v) is 5.98. The molecule has 0 spiro atoms. The van der Waals surface area contributed by atoms with Gasteiger partial charge in [0.05, 0.1) is 5.01 Å². The van der Waals surface area contributed by atoms with Crippen molar-refractivity contribution in [3.8, 4) is 22.2 Å². The van der Waals surface area contributed by atoms with Crippen molar-refractivity contribution in [3.05, 3.63) is 40.0 Å². The summed E-state index contributed by atoms with van der Waals surface area (Å²) < 4.78 is 43.8. The Morgan fingerprint density at radius 3 is 2.45 bits per heavy atom. The molecule has 3 rings (SSSR count). The van der Waals surface area contributed by atoms with Crippen LogP contribution in [-0.2, 0) is 6.18 Å². The first-order chi connectivity index (χ1) is 10.3. The van der Waals surface area contributed by atoms with Gasteiger partial charge in [0, 0.05) is 10.6 Å². The summed E-state index contributed by atoms with van der Waals surface area (Å²) in [5, 5.41) is 4.51. The van der Waals surface area contributed by atoms with Gasteiger partial charge in [-0.05, 0) is 31.2 Å². The minimum atomic E-state index is -4.57. The van der Waals surface area contributed by atoms with Gasteiger partial charge in [0.1, 0.15) is 4.88 Å². The van der Waals surface area contributed by atoms with Crippen LogP contribution in [0.15, 0.2) is 28.8 Å². The van der Waals surface area contributed by atoms with E-state index >= 15 is 0 Å². The Morgan fingerprint density at radius 2 is 1.82 bits per heavy atom. The summed E-state index contributed by atoms with van der Waals surface area (Å²) in [7, 11) is 0. The Morgan fingerprint density at radius 1 is 1.14 bits per heavy atom. The minimum absolute atomic E-state index is 0.183. The van der Waals surface area contributed by atoms with Gasteiger partial charge in [-0.15, -0.1) is 11.3 Å². The number of rotatable bonds is 2. The SMILES string of the molecule is Cc1nc(C(F)(F)F)c(-c2nc(-c3ccc(Cl)cc3)no2)s1. The molecule has 9 heteroatoms.